The Morgan fingerprint density at radius 1 is 0.775 bits per heavy atom. The van der Waals surface area contributed by atoms with Gasteiger partial charge in [-0.2, -0.15) is 0 Å². The van der Waals surface area contributed by atoms with Gasteiger partial charge in [-0.05, 0) is 29.7 Å². The van der Waals surface area contributed by atoms with Crippen LogP contribution in [0.3, 0.4) is 0 Å². The smallest absolute Gasteiger partial charge is 0.327 e. The highest BCUT2D eigenvalue weighted by molar-refractivity contribution is 6.65. The highest BCUT2D eigenvalue weighted by atomic mass is 16.5. The fraction of sp³-hybridized carbons (Fsp3) is 0.424. The second kappa shape index (κ2) is 13.2. The summed E-state index contributed by atoms with van der Waals surface area (Å²) < 4.78 is 14.6. The van der Waals surface area contributed by atoms with Crippen molar-refractivity contribution in [2.75, 3.05) is 14.2 Å². The minimum atomic E-state index is -1.39. The van der Waals surface area contributed by atoms with Gasteiger partial charge >= 0.3 is 5.97 Å². The molecular weight excluding hydrogens is 499 g/mol. The Bertz CT molecular complexity index is 1270. The lowest BCUT2D eigenvalue weighted by molar-refractivity contribution is -0.576. The third kappa shape index (κ3) is 6.40. The Morgan fingerprint density at radius 3 is 1.68 bits per heavy atom. The maximum atomic E-state index is 13.0. The first kappa shape index (κ1) is 30.9. The summed E-state index contributed by atoms with van der Waals surface area (Å²) in [4.78, 5) is 25.4. The molecule has 0 aliphatic carbocycles. The van der Waals surface area contributed by atoms with E-state index in [1.807, 2.05) is 0 Å². The number of para-hydroxylation sites is 2. The summed E-state index contributed by atoms with van der Waals surface area (Å²) in [5, 5.41) is 0. The Labute approximate surface area is 240 Å². The number of benzene rings is 2. The summed E-state index contributed by atoms with van der Waals surface area (Å²) in [5.74, 6) is 0.0842. The number of esters is 2. The number of hydrogen-bond acceptors (Lipinski definition) is 4. The molecule has 0 radical (unpaired) electrons. The predicted molar refractivity (Wildman–Crippen MR) is 164 cm³/mol. The van der Waals surface area contributed by atoms with Crippen molar-refractivity contribution in [2.45, 2.75) is 79.1 Å². The van der Waals surface area contributed by atoms with Crippen LogP contribution < -0.4 is 10.3 Å². The summed E-state index contributed by atoms with van der Waals surface area (Å²) in [5.41, 5.74) is 8.55. The van der Waals surface area contributed by atoms with Crippen LogP contribution in [0.4, 0.5) is 0 Å². The quantitative estimate of drug-likeness (QED) is 0.151. The molecule has 0 bridgehead atoms. The molecule has 0 spiro atoms. The van der Waals surface area contributed by atoms with E-state index in [4.69, 9.17) is 9.47 Å². The van der Waals surface area contributed by atoms with E-state index in [0.29, 0.717) is 5.47 Å². The zero-order chi connectivity index (χ0) is 29.7. The van der Waals surface area contributed by atoms with Gasteiger partial charge in [-0.15, -0.1) is 5.47 Å². The Morgan fingerprint density at radius 2 is 1.25 bits per heavy atom. The zero-order valence-electron chi connectivity index (χ0n) is 26.0. The Balaban J connectivity index is 2.50. The van der Waals surface area contributed by atoms with Crippen molar-refractivity contribution in [2.24, 2.45) is 0 Å². The minimum absolute atomic E-state index is 0.289. The molecule has 0 saturated carbocycles. The number of nitrogens with zero attached hydrogens (tertiary/aromatic N) is 2. The van der Waals surface area contributed by atoms with Crippen LogP contribution in [0, 0.1) is 0 Å². The molecule has 1 heterocycles. The van der Waals surface area contributed by atoms with Crippen molar-refractivity contribution in [1.29, 1.82) is 0 Å². The Kier molecular flexibility index (Phi) is 10.2. The number of ether oxygens (including phenoxy) is 2. The lowest BCUT2D eigenvalue weighted by Gasteiger charge is -2.22. The molecule has 2 aromatic carbocycles. The highest BCUT2D eigenvalue weighted by Crippen LogP contribution is 2.32. The molecule has 6 nitrogen and oxygen atoms in total. The van der Waals surface area contributed by atoms with Gasteiger partial charge in [-0.1, -0.05) is 91.8 Å². The lowest BCUT2D eigenvalue weighted by Crippen LogP contribution is -2.53. The summed E-state index contributed by atoms with van der Waals surface area (Å²) in [6.45, 7) is 17.7. The minimum Gasteiger partial charge on any atom is -0.468 e. The van der Waals surface area contributed by atoms with Crippen LogP contribution in [-0.2, 0) is 19.1 Å². The van der Waals surface area contributed by atoms with Crippen molar-refractivity contribution < 1.29 is 23.6 Å². The standard InChI is InChI=1S/C33H45BN2O4/c1-20(2)24-13-11-14-25(21(3)4)30(24)35-17-18-36(31-26(22(5)6)15-12-16-27(31)23(7)8)33(35)34-28(32(38)40-10)19-29(37)39-9/h11-23H,34H2,1-10H3/b28-19-. The van der Waals surface area contributed by atoms with Crippen LogP contribution in [0.2, 0.25) is 0 Å². The van der Waals surface area contributed by atoms with Gasteiger partial charge < -0.3 is 9.47 Å². The van der Waals surface area contributed by atoms with E-state index in [0.717, 1.165) is 17.1 Å². The second-order valence-corrected chi connectivity index (χ2v) is 11.9. The van der Waals surface area contributed by atoms with Gasteiger partial charge in [0.25, 0.3) is 5.97 Å². The molecule has 1 aromatic heterocycles. The van der Waals surface area contributed by atoms with E-state index < -0.39 is 19.2 Å². The number of carbonyl (C=O) groups is 2. The van der Waals surface area contributed by atoms with Gasteiger partial charge in [0.05, 0.1) is 19.9 Å². The number of methoxy groups -OCH3 is 2. The van der Waals surface area contributed by atoms with E-state index >= 15 is 0 Å². The lowest BCUT2D eigenvalue weighted by atomic mass is 9.67. The van der Waals surface area contributed by atoms with Crippen molar-refractivity contribution in [3.63, 3.8) is 0 Å². The molecule has 0 atom stereocenters. The van der Waals surface area contributed by atoms with Crippen LogP contribution in [0.5, 0.6) is 0 Å². The van der Waals surface area contributed by atoms with Crippen molar-refractivity contribution in [3.05, 3.63) is 82.6 Å². The van der Waals surface area contributed by atoms with E-state index in [1.165, 1.54) is 42.5 Å². The molecule has 40 heavy (non-hydrogen) atoms. The van der Waals surface area contributed by atoms with E-state index in [1.54, 1.807) is 0 Å². The zero-order valence-corrected chi connectivity index (χ0v) is 26.0. The highest BCUT2D eigenvalue weighted by Gasteiger charge is 2.28. The maximum Gasteiger partial charge on any atom is 0.327 e. The van der Waals surface area contributed by atoms with E-state index in [9.17, 15) is 9.59 Å². The van der Waals surface area contributed by atoms with Gasteiger partial charge in [0.1, 0.15) is 31.0 Å². The summed E-state index contributed by atoms with van der Waals surface area (Å²) in [6, 6.07) is 13.0. The molecule has 3 rings (SSSR count). The van der Waals surface area contributed by atoms with E-state index in [2.05, 4.69) is 113 Å². The second-order valence-electron chi connectivity index (χ2n) is 11.9. The summed E-state index contributed by atoms with van der Waals surface area (Å²) >= 11 is 0. The van der Waals surface area contributed by atoms with Gasteiger partial charge in [0.15, 0.2) is 0 Å². The average Bonchev–Trinajstić information content (AvgIpc) is 3.33. The molecule has 0 amide bonds. The first-order chi connectivity index (χ1) is 18.9. The largest absolute Gasteiger partial charge is 0.468 e. The molecule has 0 fully saturated rings. The third-order valence-electron chi connectivity index (χ3n) is 7.76. The third-order valence-corrected chi connectivity index (χ3v) is 7.76. The topological polar surface area (TPSA) is 61.4 Å². The number of carbonyl (C=O) groups excluding carboxylic acids is 2. The molecule has 7 heteroatoms. The number of aromatic nitrogens is 2. The SMILES string of the molecule is COC(=O)/C=C(\[BH2-]c1n(-c2c(C(C)C)cccc2C(C)C)cc[n+]1-c1c(C(C)C)cccc1C(C)C)C(=O)OC. The monoisotopic (exact) mass is 544 g/mol. The molecule has 0 saturated heterocycles. The normalized spacial score (nSPS) is 12.1. The molecule has 214 valence electrons. The van der Waals surface area contributed by atoms with Crippen LogP contribution in [-0.4, -0.2) is 38.0 Å². The molecule has 0 unspecified atom stereocenters. The molecule has 3 aromatic rings. The predicted octanol–water partition coefficient (Wildman–Crippen LogP) is 5.27. The summed E-state index contributed by atoms with van der Waals surface area (Å²) in [6.07, 6.45) is 5.52. The number of rotatable bonds is 10. The fourth-order valence-electron chi connectivity index (χ4n) is 5.63. The Hall–Kier alpha value is -3.61. The molecular formula is C33H45BN2O4. The first-order valence-corrected chi connectivity index (χ1v) is 14.5. The maximum absolute atomic E-state index is 13.0. The average molecular weight is 545 g/mol. The van der Waals surface area contributed by atoms with Crippen molar-refractivity contribution in [1.82, 2.24) is 4.57 Å². The first-order valence-electron chi connectivity index (χ1n) is 14.5. The molecule has 0 N–H and O–H groups in total. The number of hydrogen-bond donors (Lipinski definition) is 0. The number of imidazole rings is 1. The van der Waals surface area contributed by atoms with Gasteiger partial charge in [0, 0.05) is 22.3 Å². The van der Waals surface area contributed by atoms with Gasteiger partial charge in [-0.25, -0.2) is 13.9 Å². The van der Waals surface area contributed by atoms with Gasteiger partial charge in [-0.3, -0.25) is 4.79 Å². The van der Waals surface area contributed by atoms with Crippen LogP contribution >= 0.6 is 0 Å². The molecule has 0 aliphatic rings. The fourth-order valence-corrected chi connectivity index (χ4v) is 5.63. The van der Waals surface area contributed by atoms with Crippen molar-refractivity contribution in [3.8, 4) is 11.4 Å². The van der Waals surface area contributed by atoms with Crippen molar-refractivity contribution >= 4 is 24.9 Å². The summed E-state index contributed by atoms with van der Waals surface area (Å²) in [7, 11) is 1.28. The van der Waals surface area contributed by atoms with E-state index in [-0.39, 0.29) is 23.7 Å². The van der Waals surface area contributed by atoms with Crippen LogP contribution in [0.1, 0.15) is 101 Å². The van der Waals surface area contributed by atoms with Crippen LogP contribution in [0.25, 0.3) is 11.4 Å². The van der Waals surface area contributed by atoms with Gasteiger partial charge in [0.2, 0.25) is 0 Å². The molecule has 0 aliphatic heterocycles. The van der Waals surface area contributed by atoms with Crippen LogP contribution in [0.15, 0.2) is 60.3 Å².